The minimum Gasteiger partial charge on any atom is -0.368 e. The van der Waals surface area contributed by atoms with Gasteiger partial charge in [0.2, 0.25) is 11.8 Å². The van der Waals surface area contributed by atoms with Crippen LogP contribution in [0.2, 0.25) is 0 Å². The average molecular weight is 396 g/mol. The smallest absolute Gasteiger partial charge is 0.240 e. The van der Waals surface area contributed by atoms with Gasteiger partial charge in [0.05, 0.1) is 17.1 Å². The summed E-state index contributed by atoms with van der Waals surface area (Å²) in [4.78, 5) is 23.7. The van der Waals surface area contributed by atoms with Crippen LogP contribution < -0.4 is 11.1 Å². The average Bonchev–Trinajstić information content (AvgIpc) is 2.62. The molecule has 0 saturated heterocycles. The second-order valence-electron chi connectivity index (χ2n) is 5.87. The van der Waals surface area contributed by atoms with Crippen LogP contribution in [0.4, 0.5) is 8.78 Å². The molecule has 2 rings (SSSR count). The van der Waals surface area contributed by atoms with Crippen LogP contribution in [0.15, 0.2) is 53.4 Å². The highest BCUT2D eigenvalue weighted by Gasteiger charge is 2.23. The van der Waals surface area contributed by atoms with Gasteiger partial charge in [-0.15, -0.1) is 0 Å². The van der Waals surface area contributed by atoms with Gasteiger partial charge in [-0.2, -0.15) is 0 Å². The van der Waals surface area contributed by atoms with E-state index in [4.69, 9.17) is 5.73 Å². The number of halogens is 2. The Balaban J connectivity index is 1.99. The molecule has 0 aromatic heterocycles. The standard InChI is InChI=1S/C18H18F2N2O4S/c19-14-7-6-12(10-15(14)20)11-17(23)22-16(18(21)24)8-9-27(25,26)13-4-2-1-3-5-13/h1-7,10,16H,8-9,11H2,(H2,21,24)(H,22,23)/t16-/m1/s1. The highest BCUT2D eigenvalue weighted by molar-refractivity contribution is 7.91. The van der Waals surface area contributed by atoms with Gasteiger partial charge in [-0.3, -0.25) is 9.59 Å². The van der Waals surface area contributed by atoms with Gasteiger partial charge in [-0.25, -0.2) is 17.2 Å². The zero-order valence-corrected chi connectivity index (χ0v) is 15.0. The Bertz CT molecular complexity index is 934. The third-order valence-corrected chi connectivity index (χ3v) is 5.57. The summed E-state index contributed by atoms with van der Waals surface area (Å²) in [6.07, 6.45) is -0.525. The lowest BCUT2D eigenvalue weighted by molar-refractivity contribution is -0.127. The Morgan fingerprint density at radius 1 is 1.04 bits per heavy atom. The number of nitrogens with one attached hydrogen (secondary N) is 1. The first-order valence-electron chi connectivity index (χ1n) is 7.99. The fourth-order valence-electron chi connectivity index (χ4n) is 2.38. The Morgan fingerprint density at radius 2 is 1.70 bits per heavy atom. The Hall–Kier alpha value is -2.81. The van der Waals surface area contributed by atoms with Crippen molar-refractivity contribution < 1.29 is 26.8 Å². The van der Waals surface area contributed by atoms with E-state index < -0.39 is 45.1 Å². The van der Waals surface area contributed by atoms with Gasteiger partial charge in [0.25, 0.3) is 0 Å². The summed E-state index contributed by atoms with van der Waals surface area (Å²) in [6.45, 7) is 0. The minimum absolute atomic E-state index is 0.0985. The summed E-state index contributed by atoms with van der Waals surface area (Å²) in [5.74, 6) is -4.09. The van der Waals surface area contributed by atoms with E-state index in [9.17, 15) is 26.8 Å². The Morgan fingerprint density at radius 3 is 2.30 bits per heavy atom. The maximum Gasteiger partial charge on any atom is 0.240 e. The van der Waals surface area contributed by atoms with Gasteiger partial charge < -0.3 is 11.1 Å². The van der Waals surface area contributed by atoms with Crippen molar-refractivity contribution in [1.29, 1.82) is 0 Å². The van der Waals surface area contributed by atoms with E-state index >= 15 is 0 Å². The van der Waals surface area contributed by atoms with Crippen LogP contribution in [0.1, 0.15) is 12.0 Å². The van der Waals surface area contributed by atoms with E-state index in [1.165, 1.54) is 18.2 Å². The van der Waals surface area contributed by atoms with Crippen molar-refractivity contribution in [3.8, 4) is 0 Å². The second-order valence-corrected chi connectivity index (χ2v) is 7.98. The summed E-state index contributed by atoms with van der Waals surface area (Å²) < 4.78 is 50.6. The van der Waals surface area contributed by atoms with E-state index in [2.05, 4.69) is 5.32 Å². The summed E-state index contributed by atoms with van der Waals surface area (Å²) in [7, 11) is -3.64. The fourth-order valence-corrected chi connectivity index (χ4v) is 3.74. The summed E-state index contributed by atoms with van der Waals surface area (Å²) in [5, 5.41) is 2.33. The predicted octanol–water partition coefficient (Wildman–Crippen LogP) is 1.34. The van der Waals surface area contributed by atoms with Crippen LogP contribution >= 0.6 is 0 Å². The molecule has 2 amide bonds. The van der Waals surface area contributed by atoms with Crippen LogP contribution in [-0.4, -0.2) is 32.0 Å². The van der Waals surface area contributed by atoms with E-state index in [1.54, 1.807) is 18.2 Å². The number of nitrogens with two attached hydrogens (primary N) is 1. The van der Waals surface area contributed by atoms with Crippen molar-refractivity contribution in [3.63, 3.8) is 0 Å². The molecule has 0 radical (unpaired) electrons. The number of hydrogen-bond acceptors (Lipinski definition) is 4. The number of benzene rings is 2. The maximum atomic E-state index is 13.2. The molecule has 1 atom stereocenters. The number of hydrogen-bond donors (Lipinski definition) is 2. The molecule has 0 unspecified atom stereocenters. The normalized spacial score (nSPS) is 12.4. The van der Waals surface area contributed by atoms with Gasteiger partial charge in [-0.1, -0.05) is 24.3 Å². The third-order valence-electron chi connectivity index (χ3n) is 3.80. The minimum atomic E-state index is -3.64. The maximum absolute atomic E-state index is 13.2. The molecule has 6 nitrogen and oxygen atoms in total. The lowest BCUT2D eigenvalue weighted by Crippen LogP contribution is -2.45. The molecule has 0 aliphatic rings. The van der Waals surface area contributed by atoms with Crippen molar-refractivity contribution in [2.45, 2.75) is 23.8 Å². The zero-order valence-electron chi connectivity index (χ0n) is 14.2. The van der Waals surface area contributed by atoms with Gasteiger partial charge in [-0.05, 0) is 36.2 Å². The van der Waals surface area contributed by atoms with Crippen LogP contribution in [0.25, 0.3) is 0 Å². The van der Waals surface area contributed by atoms with Gasteiger partial charge in [0.1, 0.15) is 6.04 Å². The molecule has 2 aromatic carbocycles. The number of carbonyl (C=O) groups is 2. The third kappa shape index (κ3) is 5.85. The molecule has 0 heterocycles. The molecule has 0 saturated carbocycles. The van der Waals surface area contributed by atoms with Gasteiger partial charge in [0, 0.05) is 0 Å². The van der Waals surface area contributed by atoms with E-state index in [0.717, 1.165) is 12.1 Å². The molecule has 3 N–H and O–H groups in total. The molecule has 0 spiro atoms. The molecule has 2 aromatic rings. The number of rotatable bonds is 8. The molecule has 0 bridgehead atoms. The lowest BCUT2D eigenvalue weighted by Gasteiger charge is -2.15. The van der Waals surface area contributed by atoms with E-state index in [-0.39, 0.29) is 23.3 Å². The first-order valence-corrected chi connectivity index (χ1v) is 9.64. The number of sulfone groups is 1. The quantitative estimate of drug-likeness (QED) is 0.702. The molecule has 0 aliphatic heterocycles. The first-order chi connectivity index (χ1) is 12.7. The monoisotopic (exact) mass is 396 g/mol. The Labute approximate surface area is 155 Å². The molecule has 0 fully saturated rings. The topological polar surface area (TPSA) is 106 Å². The van der Waals surface area contributed by atoms with Crippen molar-refractivity contribution in [2.24, 2.45) is 5.73 Å². The lowest BCUT2D eigenvalue weighted by atomic mass is 10.1. The molecule has 27 heavy (non-hydrogen) atoms. The highest BCUT2D eigenvalue weighted by Crippen LogP contribution is 2.13. The van der Waals surface area contributed by atoms with Crippen molar-refractivity contribution in [3.05, 3.63) is 65.7 Å². The van der Waals surface area contributed by atoms with Gasteiger partial charge in [0.15, 0.2) is 21.5 Å². The number of carbonyl (C=O) groups excluding carboxylic acids is 2. The summed E-state index contributed by atoms with van der Waals surface area (Å²) in [5.41, 5.74) is 5.43. The molecule has 144 valence electrons. The van der Waals surface area contributed by atoms with Crippen LogP contribution in [-0.2, 0) is 25.8 Å². The van der Waals surface area contributed by atoms with Crippen LogP contribution in [0.3, 0.4) is 0 Å². The highest BCUT2D eigenvalue weighted by atomic mass is 32.2. The van der Waals surface area contributed by atoms with Crippen molar-refractivity contribution in [2.75, 3.05) is 5.75 Å². The van der Waals surface area contributed by atoms with Crippen molar-refractivity contribution in [1.82, 2.24) is 5.32 Å². The SMILES string of the molecule is NC(=O)[C@@H](CCS(=O)(=O)c1ccccc1)NC(=O)Cc1ccc(F)c(F)c1. The summed E-state index contributed by atoms with van der Waals surface area (Å²) in [6, 6.07) is 9.45. The largest absolute Gasteiger partial charge is 0.368 e. The number of amides is 2. The zero-order chi connectivity index (χ0) is 20.0. The number of primary amides is 1. The molecular formula is C18H18F2N2O4S. The molecule has 9 heteroatoms. The van der Waals surface area contributed by atoms with Crippen molar-refractivity contribution >= 4 is 21.7 Å². The predicted molar refractivity (Wildman–Crippen MR) is 94.3 cm³/mol. The van der Waals surface area contributed by atoms with E-state index in [1.807, 2.05) is 0 Å². The molecule has 0 aliphatic carbocycles. The van der Waals surface area contributed by atoms with Gasteiger partial charge >= 0.3 is 0 Å². The molecular weight excluding hydrogens is 378 g/mol. The fraction of sp³-hybridized carbons (Fsp3) is 0.222. The second kappa shape index (κ2) is 8.72. The van der Waals surface area contributed by atoms with Crippen LogP contribution in [0, 0.1) is 11.6 Å². The van der Waals surface area contributed by atoms with Crippen LogP contribution in [0.5, 0.6) is 0 Å². The Kier molecular flexibility index (Phi) is 6.62. The summed E-state index contributed by atoms with van der Waals surface area (Å²) >= 11 is 0. The van der Waals surface area contributed by atoms with E-state index in [0.29, 0.717) is 0 Å². The first kappa shape index (κ1) is 20.5.